The van der Waals surface area contributed by atoms with Crippen LogP contribution in [0.1, 0.15) is 39.5 Å². The molecule has 0 aliphatic rings. The highest BCUT2D eigenvalue weighted by Gasteiger charge is 2.14. The van der Waals surface area contributed by atoms with E-state index in [4.69, 9.17) is 5.73 Å². The van der Waals surface area contributed by atoms with Gasteiger partial charge in [0.05, 0.1) is 0 Å². The summed E-state index contributed by atoms with van der Waals surface area (Å²) in [6.45, 7) is 4.45. The Morgan fingerprint density at radius 2 is 2.00 bits per heavy atom. The molecule has 106 valence electrons. The lowest BCUT2D eigenvalue weighted by atomic mass is 9.97. The number of hydrogen-bond donors (Lipinski definition) is 2. The number of hydrogen-bond acceptors (Lipinski definition) is 5. The minimum atomic E-state index is -0.720. The molecule has 3 N–H and O–H groups in total. The molecule has 0 spiro atoms. The lowest BCUT2D eigenvalue weighted by Crippen LogP contribution is -2.36. The molecule has 0 radical (unpaired) electrons. The van der Waals surface area contributed by atoms with Gasteiger partial charge in [-0.1, -0.05) is 33.1 Å². The van der Waals surface area contributed by atoms with E-state index in [1.54, 1.807) is 0 Å². The Hall–Kier alpha value is -1.92. The van der Waals surface area contributed by atoms with E-state index in [9.17, 15) is 14.5 Å². The molecule has 7 heteroatoms. The molecule has 0 saturated carbocycles. The maximum Gasteiger partial charge on any atom is 0.330 e. The second kappa shape index (κ2) is 6.86. The molecule has 0 fully saturated rings. The van der Waals surface area contributed by atoms with Crippen molar-refractivity contribution in [1.29, 1.82) is 0 Å². The fourth-order valence-corrected chi connectivity index (χ4v) is 2.14. The highest BCUT2D eigenvalue weighted by molar-refractivity contribution is 5.54. The second-order valence-electron chi connectivity index (χ2n) is 4.59. The highest BCUT2D eigenvalue weighted by atomic mass is 16.3. The molecule has 19 heavy (non-hydrogen) atoms. The Morgan fingerprint density at radius 3 is 2.53 bits per heavy atom. The number of nitrogens with two attached hydrogens (primary N) is 1. The normalized spacial score (nSPS) is 12.3. The molecular formula is C12H20N4O3. The van der Waals surface area contributed by atoms with Gasteiger partial charge in [-0.3, -0.25) is 14.3 Å². The molecule has 1 heterocycles. The monoisotopic (exact) mass is 268 g/mol. The van der Waals surface area contributed by atoms with Crippen LogP contribution < -0.4 is 17.0 Å². The van der Waals surface area contributed by atoms with Crippen molar-refractivity contribution in [2.24, 2.45) is 11.1 Å². The lowest BCUT2D eigenvalue weighted by Gasteiger charge is -2.14. The maximum absolute atomic E-state index is 11.9. The van der Waals surface area contributed by atoms with E-state index < -0.39 is 16.9 Å². The predicted molar refractivity (Wildman–Crippen MR) is 74.5 cm³/mol. The van der Waals surface area contributed by atoms with Gasteiger partial charge in [-0.25, -0.2) is 4.79 Å². The Balaban J connectivity index is 2.99. The van der Waals surface area contributed by atoms with Gasteiger partial charge in [0.2, 0.25) is 5.69 Å². The van der Waals surface area contributed by atoms with Crippen LogP contribution in [0.4, 0.5) is 11.5 Å². The van der Waals surface area contributed by atoms with Gasteiger partial charge >= 0.3 is 5.69 Å². The zero-order chi connectivity index (χ0) is 14.4. The van der Waals surface area contributed by atoms with Gasteiger partial charge in [0.1, 0.15) is 5.82 Å². The predicted octanol–water partition coefficient (Wildman–Crippen LogP) is 1.73. The van der Waals surface area contributed by atoms with Gasteiger partial charge in [0.15, 0.2) is 0 Å². The first-order chi connectivity index (χ1) is 9.04. The van der Waals surface area contributed by atoms with E-state index in [1.807, 2.05) is 0 Å². The number of H-pyrrole nitrogens is 1. The third-order valence-corrected chi connectivity index (χ3v) is 3.32. The van der Waals surface area contributed by atoms with Crippen LogP contribution in [0.2, 0.25) is 0 Å². The van der Waals surface area contributed by atoms with Gasteiger partial charge < -0.3 is 5.73 Å². The van der Waals surface area contributed by atoms with Crippen LogP contribution in [-0.4, -0.2) is 9.55 Å². The first-order valence-corrected chi connectivity index (χ1v) is 6.51. The Labute approximate surface area is 110 Å². The summed E-state index contributed by atoms with van der Waals surface area (Å²) < 4.78 is 0.991. The number of aromatic amines is 1. The first kappa shape index (κ1) is 15.1. The summed E-state index contributed by atoms with van der Waals surface area (Å²) in [5.41, 5.74) is 3.63. The summed E-state index contributed by atoms with van der Waals surface area (Å²) in [5.74, 6) is 0.184. The number of nitrogens with one attached hydrogen (secondary N) is 1. The van der Waals surface area contributed by atoms with Crippen molar-refractivity contribution in [3.63, 3.8) is 0 Å². The van der Waals surface area contributed by atoms with Crippen LogP contribution in [-0.2, 0) is 6.54 Å². The zero-order valence-corrected chi connectivity index (χ0v) is 11.3. The average Bonchev–Trinajstić information content (AvgIpc) is 2.37. The average molecular weight is 268 g/mol. The van der Waals surface area contributed by atoms with Crippen LogP contribution in [0, 0.1) is 10.8 Å². The number of nitrogens with zero attached hydrogens (tertiary/aromatic N) is 2. The standard InChI is InChI=1S/C12H20N4O3/c1-3-5-8(4-2)6-7-16-11(17)9(15-19)10(13)14-12(16)18/h8H,3-7,13H2,1-2H3,(H,14,18). The molecule has 1 rings (SSSR count). The molecule has 1 atom stereocenters. The van der Waals surface area contributed by atoms with Crippen molar-refractivity contribution in [3.05, 3.63) is 25.7 Å². The van der Waals surface area contributed by atoms with Crippen molar-refractivity contribution in [2.75, 3.05) is 5.73 Å². The van der Waals surface area contributed by atoms with Crippen molar-refractivity contribution in [3.8, 4) is 0 Å². The maximum atomic E-state index is 11.9. The van der Waals surface area contributed by atoms with E-state index in [-0.39, 0.29) is 12.4 Å². The summed E-state index contributed by atoms with van der Waals surface area (Å²) in [4.78, 5) is 36.3. The smallest absolute Gasteiger partial charge is 0.330 e. The number of rotatable bonds is 7. The first-order valence-electron chi connectivity index (χ1n) is 6.51. The fourth-order valence-electron chi connectivity index (χ4n) is 2.14. The molecule has 0 saturated heterocycles. The molecule has 1 aromatic heterocycles. The van der Waals surface area contributed by atoms with Gasteiger partial charge in [-0.15, -0.1) is 4.91 Å². The van der Waals surface area contributed by atoms with Gasteiger partial charge in [-0.05, 0) is 17.5 Å². The zero-order valence-electron chi connectivity index (χ0n) is 11.3. The molecule has 0 aliphatic heterocycles. The highest BCUT2D eigenvalue weighted by Crippen LogP contribution is 2.16. The van der Waals surface area contributed by atoms with E-state index in [0.29, 0.717) is 5.92 Å². The van der Waals surface area contributed by atoms with Crippen LogP contribution in [0.5, 0.6) is 0 Å². The second-order valence-corrected chi connectivity index (χ2v) is 4.59. The summed E-state index contributed by atoms with van der Waals surface area (Å²) in [6, 6.07) is 0. The molecular weight excluding hydrogens is 248 g/mol. The fraction of sp³-hybridized carbons (Fsp3) is 0.667. The van der Waals surface area contributed by atoms with Crippen LogP contribution in [0.25, 0.3) is 0 Å². The summed E-state index contributed by atoms with van der Waals surface area (Å²) in [5, 5.41) is 2.58. The Bertz CT molecular complexity index is 547. The molecule has 0 aliphatic carbocycles. The molecule has 7 nitrogen and oxygen atoms in total. The molecule has 1 aromatic rings. The molecule has 1 unspecified atom stereocenters. The minimum Gasteiger partial charge on any atom is -0.383 e. The van der Waals surface area contributed by atoms with Gasteiger partial charge in [0, 0.05) is 6.54 Å². The van der Waals surface area contributed by atoms with Crippen LogP contribution in [0.3, 0.4) is 0 Å². The van der Waals surface area contributed by atoms with Crippen molar-refractivity contribution in [1.82, 2.24) is 9.55 Å². The number of nitrogen functional groups attached to an aromatic ring is 1. The van der Waals surface area contributed by atoms with Crippen LogP contribution >= 0.6 is 0 Å². The topological polar surface area (TPSA) is 110 Å². The van der Waals surface area contributed by atoms with E-state index in [0.717, 1.165) is 30.3 Å². The van der Waals surface area contributed by atoms with E-state index >= 15 is 0 Å². The molecule has 0 aromatic carbocycles. The quantitative estimate of drug-likeness (QED) is 0.733. The summed E-state index contributed by atoms with van der Waals surface area (Å²) in [6.07, 6.45) is 3.83. The van der Waals surface area contributed by atoms with Crippen LogP contribution in [0.15, 0.2) is 14.8 Å². The van der Waals surface area contributed by atoms with Gasteiger partial charge in [0.25, 0.3) is 5.56 Å². The largest absolute Gasteiger partial charge is 0.383 e. The van der Waals surface area contributed by atoms with E-state index in [2.05, 4.69) is 24.0 Å². The number of nitroso groups, excluding NO2 is 1. The van der Waals surface area contributed by atoms with Crippen molar-refractivity contribution < 1.29 is 0 Å². The van der Waals surface area contributed by atoms with Crippen molar-refractivity contribution in [2.45, 2.75) is 46.1 Å². The molecule has 0 bridgehead atoms. The third kappa shape index (κ3) is 3.52. The number of anilines is 1. The molecule has 0 amide bonds. The third-order valence-electron chi connectivity index (χ3n) is 3.32. The van der Waals surface area contributed by atoms with Gasteiger partial charge in [-0.2, -0.15) is 0 Å². The summed E-state index contributed by atoms with van der Waals surface area (Å²) in [7, 11) is 0. The van der Waals surface area contributed by atoms with Crippen molar-refractivity contribution >= 4 is 11.5 Å². The Kier molecular flexibility index (Phi) is 5.47. The SMILES string of the molecule is CCCC(CC)CCn1c(=O)[nH]c(N)c(N=O)c1=O. The Morgan fingerprint density at radius 1 is 1.32 bits per heavy atom. The van der Waals surface area contributed by atoms with E-state index in [1.165, 1.54) is 0 Å². The lowest BCUT2D eigenvalue weighted by molar-refractivity contribution is 0.395. The minimum absolute atomic E-state index is 0.273. The summed E-state index contributed by atoms with van der Waals surface area (Å²) >= 11 is 0. The number of aromatic nitrogens is 2.